The molecule has 0 bridgehead atoms. The Balaban J connectivity index is 1.51. The Hall–Kier alpha value is -2.34. The van der Waals surface area contributed by atoms with Gasteiger partial charge in [-0.15, -0.1) is 5.10 Å². The van der Waals surface area contributed by atoms with Gasteiger partial charge in [-0.05, 0) is 57.1 Å². The summed E-state index contributed by atoms with van der Waals surface area (Å²) >= 11 is 0. The Kier molecular flexibility index (Phi) is 8.99. The summed E-state index contributed by atoms with van der Waals surface area (Å²) in [6.07, 6.45) is 4.04. The van der Waals surface area contributed by atoms with Crippen molar-refractivity contribution in [3.8, 4) is 5.75 Å². The minimum absolute atomic E-state index is 0.0141. The highest BCUT2D eigenvalue weighted by atomic mass is 28.4. The normalized spacial score (nSPS) is 24.7. The minimum atomic E-state index is -3.14. The molecule has 1 fully saturated rings. The van der Waals surface area contributed by atoms with Crippen LogP contribution in [0.2, 0.25) is 18.6 Å². The van der Waals surface area contributed by atoms with E-state index in [0.29, 0.717) is 43.1 Å². The lowest BCUT2D eigenvalue weighted by molar-refractivity contribution is -0.120. The van der Waals surface area contributed by atoms with E-state index >= 15 is 4.11 Å². The van der Waals surface area contributed by atoms with Crippen LogP contribution in [0, 0.1) is 11.8 Å². The van der Waals surface area contributed by atoms with Gasteiger partial charge in [0, 0.05) is 62.1 Å². The first kappa shape index (κ1) is 27.7. The molecular formula is C26H40FN5O4Si. The van der Waals surface area contributed by atoms with Gasteiger partial charge in [0.05, 0.1) is 17.7 Å². The molecule has 3 heterocycles. The lowest BCUT2D eigenvalue weighted by Gasteiger charge is -2.43. The highest BCUT2D eigenvalue weighted by Crippen LogP contribution is 2.48. The van der Waals surface area contributed by atoms with Crippen molar-refractivity contribution in [3.63, 3.8) is 0 Å². The number of carbonyl (C=O) groups excluding carboxylic acids is 1. The Morgan fingerprint density at radius 2 is 2.24 bits per heavy atom. The van der Waals surface area contributed by atoms with Gasteiger partial charge in [-0.1, -0.05) is 12.1 Å². The number of methoxy groups -OCH3 is 1. The molecule has 1 amide bonds. The minimum Gasteiger partial charge on any atom is -0.490 e. The Morgan fingerprint density at radius 1 is 1.43 bits per heavy atom. The molecule has 2 aliphatic heterocycles. The molecule has 2 aromatic rings. The molecular weight excluding hydrogens is 493 g/mol. The number of benzene rings is 1. The number of hydrogen-bond acceptors (Lipinski definition) is 7. The van der Waals surface area contributed by atoms with Crippen molar-refractivity contribution < 1.29 is 23.5 Å². The Bertz CT molecular complexity index is 1060. The van der Waals surface area contributed by atoms with Gasteiger partial charge in [-0.3, -0.25) is 9.48 Å². The van der Waals surface area contributed by atoms with Gasteiger partial charge in [0.2, 0.25) is 14.3 Å². The third-order valence-corrected chi connectivity index (χ3v) is 10.0. The Labute approximate surface area is 219 Å². The zero-order valence-electron chi connectivity index (χ0n) is 22.2. The van der Waals surface area contributed by atoms with E-state index in [1.807, 2.05) is 25.1 Å². The summed E-state index contributed by atoms with van der Waals surface area (Å²) < 4.78 is 29.8. The summed E-state index contributed by atoms with van der Waals surface area (Å²) in [4.78, 5) is 12.8. The lowest BCUT2D eigenvalue weighted by atomic mass is 9.86. The second kappa shape index (κ2) is 12.0. The van der Waals surface area contributed by atoms with Gasteiger partial charge < -0.3 is 29.3 Å². The van der Waals surface area contributed by atoms with E-state index in [0.717, 1.165) is 24.9 Å². The number of anilines is 1. The number of nitrogens with zero attached hydrogens (tertiary/aromatic N) is 3. The highest BCUT2D eigenvalue weighted by molar-refractivity contribution is 6.72. The summed E-state index contributed by atoms with van der Waals surface area (Å²) in [7, 11) is -1.47. The first-order chi connectivity index (χ1) is 17.7. The van der Waals surface area contributed by atoms with Gasteiger partial charge in [-0.25, -0.2) is 0 Å². The van der Waals surface area contributed by atoms with Crippen LogP contribution < -0.4 is 15.4 Å². The van der Waals surface area contributed by atoms with Crippen LogP contribution in [0.5, 0.6) is 5.75 Å². The molecule has 2 aliphatic rings. The molecule has 0 aliphatic carbocycles. The van der Waals surface area contributed by atoms with E-state index in [2.05, 4.69) is 20.9 Å². The van der Waals surface area contributed by atoms with Crippen LogP contribution >= 0.6 is 0 Å². The van der Waals surface area contributed by atoms with Gasteiger partial charge in [0.1, 0.15) is 11.9 Å². The number of carbonyl (C=O) groups is 1. The third-order valence-electron chi connectivity index (χ3n) is 7.67. The number of amides is 1. The monoisotopic (exact) mass is 533 g/mol. The van der Waals surface area contributed by atoms with Gasteiger partial charge in [0.25, 0.3) is 0 Å². The summed E-state index contributed by atoms with van der Waals surface area (Å²) in [5, 5.41) is 23.7. The number of ether oxygens (including phenoxy) is 2. The van der Waals surface area contributed by atoms with Crippen molar-refractivity contribution in [2.75, 3.05) is 32.1 Å². The standard InChI is InChI=1S/C26H40FN5O4Si/c1-17-24(35-2)21-14-19(29-26(34)18-6-5-11-28-15-18)7-8-22(21)36-25(17)23(37(3,4)27)9-12-32-16-20(10-13-33)30-31-32/h7-8,14,16-18,23-25,28,33H,5-6,9-13,15H2,1-4H3,(H,29,34)/t17-,18?,23?,24-,25-/m1/s1. The van der Waals surface area contributed by atoms with Crippen molar-refractivity contribution in [1.82, 2.24) is 20.3 Å². The fourth-order valence-corrected chi connectivity index (χ4v) is 7.59. The fraction of sp³-hybridized carbons (Fsp3) is 0.654. The summed E-state index contributed by atoms with van der Waals surface area (Å²) in [6.45, 7) is 7.67. The Morgan fingerprint density at radius 3 is 2.92 bits per heavy atom. The number of hydrogen-bond donors (Lipinski definition) is 3. The van der Waals surface area contributed by atoms with Crippen LogP contribution in [0.15, 0.2) is 24.4 Å². The average Bonchev–Trinajstić information content (AvgIpc) is 3.32. The number of aliphatic hydroxyl groups is 1. The van der Waals surface area contributed by atoms with E-state index in [1.165, 1.54) is 0 Å². The molecule has 4 rings (SSSR count). The summed E-state index contributed by atoms with van der Waals surface area (Å²) in [5.74, 6) is 0.551. The molecule has 0 saturated carbocycles. The van der Waals surface area contributed by atoms with Gasteiger partial charge in [0.15, 0.2) is 0 Å². The van der Waals surface area contributed by atoms with Crippen molar-refractivity contribution in [1.29, 1.82) is 0 Å². The maximum absolute atomic E-state index is 15.7. The number of halogens is 1. The van der Waals surface area contributed by atoms with Crippen LogP contribution in [-0.2, 0) is 22.5 Å². The second-order valence-electron chi connectivity index (χ2n) is 10.8. The number of aliphatic hydroxyl groups excluding tert-OH is 1. The van der Waals surface area contributed by atoms with Crippen molar-refractivity contribution in [2.24, 2.45) is 11.8 Å². The molecule has 1 aromatic carbocycles. The molecule has 9 nitrogen and oxygen atoms in total. The zero-order valence-corrected chi connectivity index (χ0v) is 23.2. The summed E-state index contributed by atoms with van der Waals surface area (Å²) in [5.41, 5.74) is 2.01. The predicted molar refractivity (Wildman–Crippen MR) is 142 cm³/mol. The lowest BCUT2D eigenvalue weighted by Crippen LogP contribution is -2.46. The molecule has 1 saturated heterocycles. The van der Waals surface area contributed by atoms with Crippen molar-refractivity contribution in [3.05, 3.63) is 35.7 Å². The average molecular weight is 534 g/mol. The molecule has 2 unspecified atom stereocenters. The molecule has 5 atom stereocenters. The summed E-state index contributed by atoms with van der Waals surface area (Å²) in [6, 6.07) is 5.63. The van der Waals surface area contributed by atoms with Crippen LogP contribution in [0.3, 0.4) is 0 Å². The van der Waals surface area contributed by atoms with Crippen LogP contribution in [0.25, 0.3) is 0 Å². The molecule has 0 spiro atoms. The zero-order chi connectivity index (χ0) is 26.6. The predicted octanol–water partition coefficient (Wildman–Crippen LogP) is 3.47. The van der Waals surface area contributed by atoms with E-state index < -0.39 is 8.41 Å². The van der Waals surface area contributed by atoms with Gasteiger partial charge in [-0.2, -0.15) is 0 Å². The molecule has 3 N–H and O–H groups in total. The van der Waals surface area contributed by atoms with Crippen LogP contribution in [0.1, 0.15) is 43.5 Å². The SMILES string of the molecule is CO[C@H]1c2cc(NC(=O)C3CCCNC3)ccc2O[C@@H](C(CCn2cc(CCO)nn2)[Si](C)(C)F)[C@@H]1C. The van der Waals surface area contributed by atoms with Gasteiger partial charge >= 0.3 is 0 Å². The number of fused-ring (bicyclic) bond motifs is 1. The second-order valence-corrected chi connectivity index (χ2v) is 14.7. The first-order valence-corrected chi connectivity index (χ1v) is 16.2. The fourth-order valence-electron chi connectivity index (χ4n) is 5.62. The topological polar surface area (TPSA) is 111 Å². The number of rotatable bonds is 10. The number of aromatic nitrogens is 3. The number of piperidine rings is 1. The van der Waals surface area contributed by atoms with Crippen molar-refractivity contribution in [2.45, 2.75) is 70.0 Å². The number of nitrogens with one attached hydrogen (secondary N) is 2. The maximum Gasteiger partial charge on any atom is 0.247 e. The smallest absolute Gasteiger partial charge is 0.247 e. The van der Waals surface area contributed by atoms with Crippen LogP contribution in [0.4, 0.5) is 9.80 Å². The van der Waals surface area contributed by atoms with E-state index in [1.54, 1.807) is 31.1 Å². The third kappa shape index (κ3) is 6.57. The quantitative estimate of drug-likeness (QED) is 0.317. The molecule has 1 aromatic heterocycles. The maximum atomic E-state index is 15.7. The molecule has 11 heteroatoms. The molecule has 0 radical (unpaired) electrons. The van der Waals surface area contributed by atoms with E-state index in [-0.39, 0.29) is 42.1 Å². The van der Waals surface area contributed by atoms with Crippen LogP contribution in [-0.4, -0.2) is 67.3 Å². The number of aryl methyl sites for hydroxylation is 1. The highest BCUT2D eigenvalue weighted by Gasteiger charge is 2.47. The van der Waals surface area contributed by atoms with Crippen molar-refractivity contribution >= 4 is 20.0 Å². The molecule has 37 heavy (non-hydrogen) atoms. The van der Waals surface area contributed by atoms with E-state index in [9.17, 15) is 4.79 Å². The van der Waals surface area contributed by atoms with E-state index in [4.69, 9.17) is 14.6 Å². The first-order valence-electron chi connectivity index (χ1n) is 13.2. The largest absolute Gasteiger partial charge is 0.490 e. The molecule has 204 valence electrons.